The highest BCUT2D eigenvalue weighted by atomic mass is 35.5. The van der Waals surface area contributed by atoms with Crippen LogP contribution in [0.15, 0.2) is 42.5 Å². The molecule has 0 saturated carbocycles. The zero-order chi connectivity index (χ0) is 16.9. The standard InChI is InChI=1S/C18H20ClN3O2/c1-13(23)20-18-12-14(11-17(19)21-18)22-9-7-16(8-10-22)24-15-5-3-2-4-6-15/h2-6,11-12,16H,7-10H2,1H3,(H,20,21,23). The zero-order valence-electron chi connectivity index (χ0n) is 13.5. The first-order valence-corrected chi connectivity index (χ1v) is 8.40. The van der Waals surface area contributed by atoms with E-state index in [9.17, 15) is 4.79 Å². The molecule has 1 aromatic carbocycles. The number of halogens is 1. The number of nitrogens with one attached hydrogen (secondary N) is 1. The predicted octanol–water partition coefficient (Wildman–Crippen LogP) is 3.74. The number of carbonyl (C=O) groups is 1. The van der Waals surface area contributed by atoms with Gasteiger partial charge in [0.2, 0.25) is 5.91 Å². The van der Waals surface area contributed by atoms with Crippen LogP contribution in [0.25, 0.3) is 0 Å². The van der Waals surface area contributed by atoms with E-state index in [1.165, 1.54) is 6.92 Å². The number of para-hydroxylation sites is 1. The van der Waals surface area contributed by atoms with Crippen molar-refractivity contribution in [2.75, 3.05) is 23.3 Å². The minimum atomic E-state index is -0.161. The number of pyridine rings is 1. The van der Waals surface area contributed by atoms with Gasteiger partial charge in [-0.2, -0.15) is 0 Å². The van der Waals surface area contributed by atoms with Gasteiger partial charge in [0.25, 0.3) is 0 Å². The van der Waals surface area contributed by atoms with Gasteiger partial charge >= 0.3 is 0 Å². The minimum Gasteiger partial charge on any atom is -0.490 e. The summed E-state index contributed by atoms with van der Waals surface area (Å²) in [6.07, 6.45) is 2.09. The molecule has 6 heteroatoms. The minimum absolute atomic E-state index is 0.161. The summed E-state index contributed by atoms with van der Waals surface area (Å²) in [7, 11) is 0. The number of hydrogen-bond donors (Lipinski definition) is 1. The van der Waals surface area contributed by atoms with Crippen LogP contribution in [0, 0.1) is 0 Å². The average molecular weight is 346 g/mol. The summed E-state index contributed by atoms with van der Waals surface area (Å²) in [6, 6.07) is 13.6. The Balaban J connectivity index is 1.62. The maximum absolute atomic E-state index is 11.2. The SMILES string of the molecule is CC(=O)Nc1cc(N2CCC(Oc3ccccc3)CC2)cc(Cl)n1. The van der Waals surface area contributed by atoms with Gasteiger partial charge in [0.1, 0.15) is 22.8 Å². The van der Waals surface area contributed by atoms with E-state index in [2.05, 4.69) is 15.2 Å². The molecule has 1 fully saturated rings. The van der Waals surface area contributed by atoms with Crippen LogP contribution in [-0.2, 0) is 4.79 Å². The third-order valence-corrected chi connectivity index (χ3v) is 4.13. The Morgan fingerprint density at radius 1 is 1.25 bits per heavy atom. The summed E-state index contributed by atoms with van der Waals surface area (Å²) in [5, 5.41) is 3.05. The monoisotopic (exact) mass is 345 g/mol. The van der Waals surface area contributed by atoms with E-state index in [4.69, 9.17) is 16.3 Å². The van der Waals surface area contributed by atoms with Crippen molar-refractivity contribution in [1.29, 1.82) is 0 Å². The number of anilines is 2. The molecule has 126 valence electrons. The van der Waals surface area contributed by atoms with Crippen LogP contribution in [0.4, 0.5) is 11.5 Å². The van der Waals surface area contributed by atoms with E-state index in [1.807, 2.05) is 42.5 Å². The quantitative estimate of drug-likeness (QED) is 0.858. The van der Waals surface area contributed by atoms with Gasteiger partial charge in [-0.15, -0.1) is 0 Å². The predicted molar refractivity (Wildman–Crippen MR) is 95.9 cm³/mol. The zero-order valence-corrected chi connectivity index (χ0v) is 14.3. The second-order valence-electron chi connectivity index (χ2n) is 5.83. The van der Waals surface area contributed by atoms with Crippen molar-refractivity contribution in [2.45, 2.75) is 25.9 Å². The summed E-state index contributed by atoms with van der Waals surface area (Å²) in [5.74, 6) is 1.23. The second kappa shape index (κ2) is 7.53. The molecule has 1 aromatic heterocycles. The van der Waals surface area contributed by atoms with Crippen LogP contribution in [-0.4, -0.2) is 30.1 Å². The first-order valence-electron chi connectivity index (χ1n) is 8.02. The summed E-state index contributed by atoms with van der Waals surface area (Å²) in [4.78, 5) is 17.6. The lowest BCUT2D eigenvalue weighted by atomic mass is 10.1. The number of amides is 1. The molecule has 0 unspecified atom stereocenters. The van der Waals surface area contributed by atoms with Crippen molar-refractivity contribution in [3.05, 3.63) is 47.6 Å². The summed E-state index contributed by atoms with van der Waals surface area (Å²) in [6.45, 7) is 3.20. The number of rotatable bonds is 4. The summed E-state index contributed by atoms with van der Waals surface area (Å²) < 4.78 is 6.02. The molecule has 1 amide bonds. The van der Waals surface area contributed by atoms with Gasteiger partial charge in [-0.3, -0.25) is 4.79 Å². The van der Waals surface area contributed by atoms with Crippen molar-refractivity contribution >= 4 is 29.0 Å². The van der Waals surface area contributed by atoms with Crippen molar-refractivity contribution in [1.82, 2.24) is 4.98 Å². The maximum atomic E-state index is 11.2. The van der Waals surface area contributed by atoms with Crippen LogP contribution in [0.1, 0.15) is 19.8 Å². The number of hydrogen-bond acceptors (Lipinski definition) is 4. The number of nitrogens with zero attached hydrogens (tertiary/aromatic N) is 2. The van der Waals surface area contributed by atoms with Gasteiger partial charge in [0.05, 0.1) is 0 Å². The van der Waals surface area contributed by atoms with Crippen molar-refractivity contribution in [3.8, 4) is 5.75 Å². The van der Waals surface area contributed by atoms with E-state index < -0.39 is 0 Å². The van der Waals surface area contributed by atoms with Crippen LogP contribution in [0.3, 0.4) is 0 Å². The third-order valence-electron chi connectivity index (χ3n) is 3.94. The highest BCUT2D eigenvalue weighted by Crippen LogP contribution is 2.26. The molecule has 1 aliphatic heterocycles. The van der Waals surface area contributed by atoms with Gasteiger partial charge in [-0.05, 0) is 18.2 Å². The fourth-order valence-corrected chi connectivity index (χ4v) is 3.04. The van der Waals surface area contributed by atoms with E-state index in [0.717, 1.165) is 37.4 Å². The third kappa shape index (κ3) is 4.38. The molecule has 2 aromatic rings. The molecule has 0 aliphatic carbocycles. The second-order valence-corrected chi connectivity index (χ2v) is 6.22. The average Bonchev–Trinajstić information content (AvgIpc) is 2.55. The first kappa shape index (κ1) is 16.6. The lowest BCUT2D eigenvalue weighted by Crippen LogP contribution is -2.38. The molecule has 2 heterocycles. The van der Waals surface area contributed by atoms with E-state index >= 15 is 0 Å². The Morgan fingerprint density at radius 3 is 2.62 bits per heavy atom. The lowest BCUT2D eigenvalue weighted by Gasteiger charge is -2.33. The lowest BCUT2D eigenvalue weighted by molar-refractivity contribution is -0.114. The molecule has 1 N–H and O–H groups in total. The molecule has 24 heavy (non-hydrogen) atoms. The molecule has 0 atom stereocenters. The first-order chi connectivity index (χ1) is 11.6. The summed E-state index contributed by atoms with van der Waals surface area (Å²) >= 11 is 6.07. The number of carbonyl (C=O) groups excluding carboxylic acids is 1. The van der Waals surface area contributed by atoms with Gasteiger partial charge in [0.15, 0.2) is 0 Å². The molecule has 0 spiro atoms. The number of benzene rings is 1. The van der Waals surface area contributed by atoms with Gasteiger partial charge in [-0.1, -0.05) is 29.8 Å². The fraction of sp³-hybridized carbons (Fsp3) is 0.333. The highest BCUT2D eigenvalue weighted by molar-refractivity contribution is 6.29. The Morgan fingerprint density at radius 2 is 1.96 bits per heavy atom. The van der Waals surface area contributed by atoms with Crippen LogP contribution in [0.5, 0.6) is 5.75 Å². The van der Waals surface area contributed by atoms with Gasteiger partial charge in [-0.25, -0.2) is 4.98 Å². The number of aromatic nitrogens is 1. The Labute approximate surface area is 146 Å². The van der Waals surface area contributed by atoms with Gasteiger partial charge in [0, 0.05) is 44.6 Å². The van der Waals surface area contributed by atoms with E-state index in [-0.39, 0.29) is 12.0 Å². The van der Waals surface area contributed by atoms with Crippen molar-refractivity contribution in [3.63, 3.8) is 0 Å². The van der Waals surface area contributed by atoms with Crippen molar-refractivity contribution in [2.24, 2.45) is 0 Å². The van der Waals surface area contributed by atoms with E-state index in [0.29, 0.717) is 11.0 Å². The number of piperidine rings is 1. The normalized spacial score (nSPS) is 15.2. The molecule has 1 saturated heterocycles. The largest absolute Gasteiger partial charge is 0.490 e. The molecule has 0 radical (unpaired) electrons. The maximum Gasteiger partial charge on any atom is 0.222 e. The number of ether oxygens (including phenoxy) is 1. The van der Waals surface area contributed by atoms with Gasteiger partial charge < -0.3 is 15.0 Å². The molecule has 5 nitrogen and oxygen atoms in total. The fourth-order valence-electron chi connectivity index (χ4n) is 2.83. The van der Waals surface area contributed by atoms with Crippen LogP contribution in [0.2, 0.25) is 5.15 Å². The Bertz CT molecular complexity index is 701. The molecular weight excluding hydrogens is 326 g/mol. The molecule has 1 aliphatic rings. The molecular formula is C18H20ClN3O2. The Hall–Kier alpha value is -2.27. The van der Waals surface area contributed by atoms with Crippen molar-refractivity contribution < 1.29 is 9.53 Å². The molecule has 0 bridgehead atoms. The molecule has 3 rings (SSSR count). The van der Waals surface area contributed by atoms with Crippen LogP contribution < -0.4 is 15.0 Å². The summed E-state index contributed by atoms with van der Waals surface area (Å²) in [5.41, 5.74) is 0.969. The topological polar surface area (TPSA) is 54.5 Å². The van der Waals surface area contributed by atoms with Crippen LogP contribution >= 0.6 is 11.6 Å². The van der Waals surface area contributed by atoms with E-state index in [1.54, 1.807) is 0 Å². The smallest absolute Gasteiger partial charge is 0.222 e. The highest BCUT2D eigenvalue weighted by Gasteiger charge is 2.21. The Kier molecular flexibility index (Phi) is 5.20.